The van der Waals surface area contributed by atoms with Gasteiger partial charge in [-0.05, 0) is 17.0 Å². The lowest BCUT2D eigenvalue weighted by molar-refractivity contribution is -0.385. The maximum Gasteiger partial charge on any atom is 0.269 e. The van der Waals surface area contributed by atoms with E-state index in [0.717, 1.165) is 5.56 Å². The van der Waals surface area contributed by atoms with Crippen molar-refractivity contribution in [3.8, 4) is 0 Å². The maximum absolute atomic E-state index is 10.8. The van der Waals surface area contributed by atoms with E-state index in [2.05, 4.69) is 31.3 Å². The molecule has 23 heavy (non-hydrogen) atoms. The summed E-state index contributed by atoms with van der Waals surface area (Å²) in [5.74, 6) is 0.356. The van der Waals surface area contributed by atoms with Gasteiger partial charge in [0, 0.05) is 24.7 Å². The van der Waals surface area contributed by atoms with Gasteiger partial charge in [-0.3, -0.25) is 10.1 Å². The first kappa shape index (κ1) is 17.1. The van der Waals surface area contributed by atoms with Crippen LogP contribution in [0.1, 0.15) is 37.1 Å². The number of benzene rings is 2. The molecule has 0 spiro atoms. The van der Waals surface area contributed by atoms with Crippen LogP contribution in [0.5, 0.6) is 0 Å². The fourth-order valence-electron chi connectivity index (χ4n) is 2.60. The molecule has 0 aliphatic rings. The number of rotatable bonds is 7. The summed E-state index contributed by atoms with van der Waals surface area (Å²) in [5, 5.41) is 24.5. The lowest BCUT2D eigenvalue weighted by Crippen LogP contribution is -2.29. The molecule has 2 aromatic rings. The third-order valence-corrected chi connectivity index (χ3v) is 3.82. The highest BCUT2D eigenvalue weighted by molar-refractivity contribution is 5.35. The smallest absolute Gasteiger partial charge is 0.269 e. The Morgan fingerprint density at radius 1 is 1.09 bits per heavy atom. The quantitative estimate of drug-likeness (QED) is 0.604. The van der Waals surface area contributed by atoms with Crippen molar-refractivity contribution in [1.29, 1.82) is 0 Å². The maximum atomic E-state index is 10.8. The second-order valence-corrected chi connectivity index (χ2v) is 5.91. The molecule has 0 saturated carbocycles. The Morgan fingerprint density at radius 3 is 2.35 bits per heavy atom. The van der Waals surface area contributed by atoms with E-state index in [4.69, 9.17) is 0 Å². The molecule has 2 rings (SSSR count). The van der Waals surface area contributed by atoms with E-state index in [9.17, 15) is 15.2 Å². The minimum atomic E-state index is -0.792. The molecule has 2 N–H and O–H groups in total. The Labute approximate surface area is 136 Å². The molecule has 5 heteroatoms. The van der Waals surface area contributed by atoms with Crippen molar-refractivity contribution in [2.45, 2.75) is 26.0 Å². The van der Waals surface area contributed by atoms with Gasteiger partial charge in [-0.1, -0.05) is 56.3 Å². The zero-order valence-electron chi connectivity index (χ0n) is 13.3. The van der Waals surface area contributed by atoms with Gasteiger partial charge in [0.2, 0.25) is 0 Å². The molecule has 0 saturated heterocycles. The van der Waals surface area contributed by atoms with Gasteiger partial charge in [-0.2, -0.15) is 0 Å². The van der Waals surface area contributed by atoms with Crippen LogP contribution >= 0.6 is 0 Å². The predicted octanol–water partition coefficient (Wildman–Crippen LogP) is 3.62. The van der Waals surface area contributed by atoms with Gasteiger partial charge >= 0.3 is 0 Å². The number of nitro benzene ring substituents is 1. The second-order valence-electron chi connectivity index (χ2n) is 5.91. The summed E-state index contributed by atoms with van der Waals surface area (Å²) >= 11 is 0. The summed E-state index contributed by atoms with van der Waals surface area (Å²) in [4.78, 5) is 10.4. The second kappa shape index (κ2) is 7.85. The number of nitrogens with zero attached hydrogens (tertiary/aromatic N) is 1. The summed E-state index contributed by atoms with van der Waals surface area (Å²) in [5.41, 5.74) is 1.70. The van der Waals surface area contributed by atoms with Gasteiger partial charge in [-0.15, -0.1) is 0 Å². The minimum absolute atomic E-state index is 0.00924. The molecule has 0 heterocycles. The number of non-ortho nitro benzene ring substituents is 1. The fraction of sp³-hybridized carbons (Fsp3) is 0.333. The van der Waals surface area contributed by atoms with Crippen LogP contribution in [0.15, 0.2) is 54.6 Å². The lowest BCUT2D eigenvalue weighted by Gasteiger charge is -2.24. The van der Waals surface area contributed by atoms with E-state index in [0.29, 0.717) is 18.0 Å². The number of aliphatic hydroxyl groups excluding tert-OH is 1. The average molecular weight is 314 g/mol. The molecule has 122 valence electrons. The Balaban J connectivity index is 2.06. The number of nitrogens with one attached hydrogen (secondary N) is 1. The predicted molar refractivity (Wildman–Crippen MR) is 90.1 cm³/mol. The third kappa shape index (κ3) is 4.61. The van der Waals surface area contributed by atoms with Crippen molar-refractivity contribution in [1.82, 2.24) is 5.32 Å². The zero-order chi connectivity index (χ0) is 16.8. The monoisotopic (exact) mass is 314 g/mol. The molecule has 2 atom stereocenters. The van der Waals surface area contributed by atoms with Gasteiger partial charge in [0.1, 0.15) is 0 Å². The summed E-state index contributed by atoms with van der Waals surface area (Å²) in [6.07, 6.45) is -0.792. The van der Waals surface area contributed by atoms with E-state index in [1.807, 2.05) is 18.2 Å². The minimum Gasteiger partial charge on any atom is -0.387 e. The molecule has 5 nitrogen and oxygen atoms in total. The molecular formula is C18H22N2O3. The molecule has 0 fully saturated rings. The van der Waals surface area contributed by atoms with E-state index in [1.54, 1.807) is 12.1 Å². The summed E-state index contributed by atoms with van der Waals surface area (Å²) in [6, 6.07) is 16.3. The number of hydrogen-bond acceptors (Lipinski definition) is 4. The zero-order valence-corrected chi connectivity index (χ0v) is 13.3. The number of nitro groups is 1. The first-order valence-corrected chi connectivity index (χ1v) is 7.69. The normalized spacial score (nSPS) is 13.7. The first-order chi connectivity index (χ1) is 11.0. The highest BCUT2D eigenvalue weighted by Gasteiger charge is 2.18. The highest BCUT2D eigenvalue weighted by Crippen LogP contribution is 2.23. The Hall–Kier alpha value is -2.24. The van der Waals surface area contributed by atoms with Crippen LogP contribution in [0.4, 0.5) is 5.69 Å². The van der Waals surface area contributed by atoms with Crippen LogP contribution in [0.3, 0.4) is 0 Å². The van der Waals surface area contributed by atoms with Crippen molar-refractivity contribution in [2.24, 2.45) is 5.92 Å². The molecule has 0 radical (unpaired) electrons. The number of hydrogen-bond donors (Lipinski definition) is 2. The molecule has 2 aromatic carbocycles. The Morgan fingerprint density at radius 2 is 1.74 bits per heavy atom. The largest absolute Gasteiger partial charge is 0.387 e. The van der Waals surface area contributed by atoms with E-state index in [-0.39, 0.29) is 11.7 Å². The van der Waals surface area contributed by atoms with Crippen LogP contribution in [0.2, 0.25) is 0 Å². The van der Waals surface area contributed by atoms with Crippen molar-refractivity contribution in [3.63, 3.8) is 0 Å². The topological polar surface area (TPSA) is 75.4 Å². The summed E-state index contributed by atoms with van der Waals surface area (Å²) in [7, 11) is 0. The fourth-order valence-corrected chi connectivity index (χ4v) is 2.60. The van der Waals surface area contributed by atoms with Crippen molar-refractivity contribution in [3.05, 3.63) is 75.8 Å². The summed E-state index contributed by atoms with van der Waals surface area (Å²) in [6.45, 7) is 4.56. The van der Waals surface area contributed by atoms with Crippen LogP contribution in [0.25, 0.3) is 0 Å². The molecule has 0 amide bonds. The first-order valence-electron chi connectivity index (χ1n) is 7.69. The Kier molecular flexibility index (Phi) is 5.84. The third-order valence-electron chi connectivity index (χ3n) is 3.82. The van der Waals surface area contributed by atoms with Crippen LogP contribution < -0.4 is 5.32 Å². The molecular weight excluding hydrogens is 292 g/mol. The van der Waals surface area contributed by atoms with E-state index < -0.39 is 11.0 Å². The summed E-state index contributed by atoms with van der Waals surface area (Å²) < 4.78 is 0. The van der Waals surface area contributed by atoms with Crippen molar-refractivity contribution >= 4 is 5.69 Å². The standard InChI is InChI=1S/C18H22N2O3/c1-13(2)18(14-7-4-3-5-8-14)19-12-17(21)15-9-6-10-16(11-15)20(22)23/h3-11,13,17-19,21H,12H2,1-2H3. The SMILES string of the molecule is CC(C)C(NCC(O)c1cccc([N+](=O)[O-])c1)c1ccccc1. The van der Waals surface area contributed by atoms with Gasteiger partial charge in [0.15, 0.2) is 0 Å². The van der Waals surface area contributed by atoms with E-state index >= 15 is 0 Å². The van der Waals surface area contributed by atoms with Crippen LogP contribution in [-0.4, -0.2) is 16.6 Å². The van der Waals surface area contributed by atoms with Gasteiger partial charge in [-0.25, -0.2) is 0 Å². The molecule has 2 unspecified atom stereocenters. The Bertz CT molecular complexity index is 644. The molecule has 0 aliphatic heterocycles. The average Bonchev–Trinajstić information content (AvgIpc) is 2.55. The lowest BCUT2D eigenvalue weighted by atomic mass is 9.95. The number of aliphatic hydroxyl groups is 1. The van der Waals surface area contributed by atoms with Gasteiger partial charge < -0.3 is 10.4 Å². The van der Waals surface area contributed by atoms with Crippen LogP contribution in [-0.2, 0) is 0 Å². The highest BCUT2D eigenvalue weighted by atomic mass is 16.6. The molecule has 0 bridgehead atoms. The van der Waals surface area contributed by atoms with E-state index in [1.165, 1.54) is 12.1 Å². The molecule has 0 aliphatic carbocycles. The van der Waals surface area contributed by atoms with Crippen molar-refractivity contribution < 1.29 is 10.0 Å². The van der Waals surface area contributed by atoms with Gasteiger partial charge in [0.25, 0.3) is 5.69 Å². The van der Waals surface area contributed by atoms with Gasteiger partial charge in [0.05, 0.1) is 11.0 Å². The van der Waals surface area contributed by atoms with Crippen molar-refractivity contribution in [2.75, 3.05) is 6.54 Å². The van der Waals surface area contributed by atoms with Crippen LogP contribution in [0, 0.1) is 16.0 Å². The molecule has 0 aromatic heterocycles.